The monoisotopic (exact) mass is 463 g/mol. The molecule has 1 atom stereocenters. The average molecular weight is 464 g/mol. The Labute approximate surface area is 198 Å². The third-order valence-corrected chi connectivity index (χ3v) is 5.66. The Kier molecular flexibility index (Phi) is 6.55. The highest BCUT2D eigenvalue weighted by Crippen LogP contribution is 2.36. The van der Waals surface area contributed by atoms with Crippen molar-refractivity contribution in [1.29, 1.82) is 0 Å². The minimum atomic E-state index is -0.658. The van der Waals surface area contributed by atoms with Crippen LogP contribution in [0.3, 0.4) is 0 Å². The molecule has 178 valence electrons. The Morgan fingerprint density at radius 2 is 1.85 bits per heavy atom. The molecule has 1 fully saturated rings. The molecule has 0 spiro atoms. The van der Waals surface area contributed by atoms with Gasteiger partial charge < -0.3 is 15.4 Å². The molecule has 1 unspecified atom stereocenters. The van der Waals surface area contributed by atoms with E-state index in [1.165, 1.54) is 12.1 Å². The summed E-state index contributed by atoms with van der Waals surface area (Å²) in [6.45, 7) is 7.74. The van der Waals surface area contributed by atoms with E-state index >= 15 is 0 Å². The highest BCUT2D eigenvalue weighted by atomic mass is 19.1. The number of pyridine rings is 1. The topological polar surface area (TPSA) is 80.3 Å². The molecule has 1 aliphatic rings. The smallest absolute Gasteiger partial charge is 0.408 e. The second kappa shape index (κ2) is 9.41. The van der Waals surface area contributed by atoms with Crippen LogP contribution in [-0.2, 0) is 4.74 Å². The molecule has 7 heteroatoms. The van der Waals surface area contributed by atoms with Gasteiger partial charge in [-0.1, -0.05) is 30.3 Å². The van der Waals surface area contributed by atoms with E-state index in [9.17, 15) is 14.0 Å². The number of amides is 2. The average Bonchev–Trinajstić information content (AvgIpc) is 3.60. The van der Waals surface area contributed by atoms with E-state index in [2.05, 4.69) is 10.6 Å². The number of halogens is 1. The first-order chi connectivity index (χ1) is 16.1. The van der Waals surface area contributed by atoms with Crippen molar-refractivity contribution in [2.75, 3.05) is 6.54 Å². The number of fused-ring (bicyclic) bond motifs is 1. The highest BCUT2D eigenvalue weighted by molar-refractivity contribution is 6.12. The maximum absolute atomic E-state index is 14.3. The Morgan fingerprint density at radius 1 is 1.15 bits per heavy atom. The summed E-state index contributed by atoms with van der Waals surface area (Å²) in [6.07, 6.45) is 1.61. The molecule has 1 heterocycles. The van der Waals surface area contributed by atoms with Gasteiger partial charge in [-0.25, -0.2) is 14.2 Å². The molecule has 6 nitrogen and oxygen atoms in total. The molecule has 1 saturated carbocycles. The number of alkyl carbamates (subject to hydrolysis) is 1. The third kappa shape index (κ3) is 5.53. The van der Waals surface area contributed by atoms with Crippen LogP contribution in [0.15, 0.2) is 48.5 Å². The fourth-order valence-electron chi connectivity index (χ4n) is 3.90. The summed E-state index contributed by atoms with van der Waals surface area (Å²) in [5.41, 5.74) is 2.00. The van der Waals surface area contributed by atoms with Crippen LogP contribution in [0.1, 0.15) is 62.6 Å². The Bertz CT molecular complexity index is 1220. The maximum atomic E-state index is 14.3. The van der Waals surface area contributed by atoms with E-state index in [0.717, 1.165) is 18.4 Å². The predicted octanol–water partition coefficient (Wildman–Crippen LogP) is 5.77. The molecule has 4 rings (SSSR count). The van der Waals surface area contributed by atoms with E-state index in [1.807, 2.05) is 30.3 Å². The normalized spacial score (nSPS) is 14.5. The second-order valence-corrected chi connectivity index (χ2v) is 9.80. The van der Waals surface area contributed by atoms with Gasteiger partial charge in [0.1, 0.15) is 11.4 Å². The summed E-state index contributed by atoms with van der Waals surface area (Å²) in [5.74, 6) is -0.243. The van der Waals surface area contributed by atoms with Crippen LogP contribution in [-0.4, -0.2) is 29.1 Å². The molecule has 34 heavy (non-hydrogen) atoms. The molecule has 1 aromatic heterocycles. The van der Waals surface area contributed by atoms with Crippen molar-refractivity contribution >= 4 is 22.9 Å². The van der Waals surface area contributed by atoms with Crippen LogP contribution in [0.4, 0.5) is 9.18 Å². The van der Waals surface area contributed by atoms with Gasteiger partial charge in [-0.15, -0.1) is 0 Å². The van der Waals surface area contributed by atoms with Gasteiger partial charge in [-0.3, -0.25) is 4.79 Å². The first-order valence-corrected chi connectivity index (χ1v) is 11.6. The van der Waals surface area contributed by atoms with E-state index in [0.29, 0.717) is 40.2 Å². The molecule has 0 bridgehead atoms. The lowest BCUT2D eigenvalue weighted by atomic mass is 9.91. The van der Waals surface area contributed by atoms with Crippen molar-refractivity contribution in [3.63, 3.8) is 0 Å². The van der Waals surface area contributed by atoms with Gasteiger partial charge in [0.25, 0.3) is 5.91 Å². The van der Waals surface area contributed by atoms with Crippen molar-refractivity contribution in [2.45, 2.75) is 52.2 Å². The van der Waals surface area contributed by atoms with Crippen molar-refractivity contribution in [1.82, 2.24) is 15.6 Å². The Morgan fingerprint density at radius 3 is 2.50 bits per heavy atom. The number of aromatic nitrogens is 1. The largest absolute Gasteiger partial charge is 0.444 e. The Hall–Kier alpha value is -3.48. The molecular weight excluding hydrogens is 433 g/mol. The molecule has 2 aromatic carbocycles. The minimum Gasteiger partial charge on any atom is -0.444 e. The van der Waals surface area contributed by atoms with E-state index in [-0.39, 0.29) is 5.91 Å². The molecule has 2 amide bonds. The fraction of sp³-hybridized carbons (Fsp3) is 0.370. The third-order valence-electron chi connectivity index (χ3n) is 5.66. The summed E-state index contributed by atoms with van der Waals surface area (Å²) in [7, 11) is 0. The van der Waals surface area contributed by atoms with E-state index in [4.69, 9.17) is 9.72 Å². The van der Waals surface area contributed by atoms with Gasteiger partial charge in [-0.05, 0) is 70.2 Å². The lowest BCUT2D eigenvalue weighted by Gasteiger charge is -2.24. The first kappa shape index (κ1) is 23.7. The number of hydrogen-bond donors (Lipinski definition) is 2. The van der Waals surface area contributed by atoms with Crippen LogP contribution in [0.5, 0.6) is 0 Å². The van der Waals surface area contributed by atoms with Crippen molar-refractivity contribution in [2.24, 2.45) is 5.92 Å². The minimum absolute atomic E-state index is 0.283. The summed E-state index contributed by atoms with van der Waals surface area (Å²) in [6, 6.07) is 13.0. The lowest BCUT2D eigenvalue weighted by Crippen LogP contribution is -2.35. The number of nitrogens with one attached hydrogen (secondary N) is 2. The van der Waals surface area contributed by atoms with Crippen LogP contribution >= 0.6 is 0 Å². The van der Waals surface area contributed by atoms with Gasteiger partial charge in [0.2, 0.25) is 0 Å². The van der Waals surface area contributed by atoms with Crippen LogP contribution < -0.4 is 10.6 Å². The predicted molar refractivity (Wildman–Crippen MR) is 130 cm³/mol. The number of carbonyl (C=O) groups excluding carboxylic acids is 2. The molecule has 1 aliphatic carbocycles. The van der Waals surface area contributed by atoms with Crippen molar-refractivity contribution < 1.29 is 18.7 Å². The zero-order valence-electron chi connectivity index (χ0n) is 19.9. The highest BCUT2D eigenvalue weighted by Gasteiger charge is 2.28. The summed E-state index contributed by atoms with van der Waals surface area (Å²) in [5, 5.41) is 6.29. The molecule has 0 aliphatic heterocycles. The Balaban J connectivity index is 1.87. The maximum Gasteiger partial charge on any atom is 0.408 e. The first-order valence-electron chi connectivity index (χ1n) is 11.6. The number of benzene rings is 2. The molecular formula is C27H30FN3O3. The van der Waals surface area contributed by atoms with Gasteiger partial charge in [0.05, 0.1) is 22.8 Å². The molecule has 0 radical (unpaired) electrons. The molecule has 2 N–H and O–H groups in total. The zero-order chi connectivity index (χ0) is 24.5. The number of nitrogens with zero attached hydrogens (tertiary/aromatic N) is 1. The van der Waals surface area contributed by atoms with Gasteiger partial charge in [0, 0.05) is 17.5 Å². The molecule has 3 aromatic rings. The standard InChI is InChI=1S/C27H30FN3O3/c1-16(30-26(33)34-27(2,3)4)24-22(18-8-6-5-7-9-18)23(25(32)29-15-17-10-11-17)20-14-19(28)12-13-21(20)31-24/h5-9,12-14,16-17H,10-11,15H2,1-4H3,(H,29,32)(H,30,33). The number of rotatable bonds is 6. The van der Waals surface area contributed by atoms with Crippen molar-refractivity contribution in [3.8, 4) is 11.1 Å². The van der Waals surface area contributed by atoms with Crippen LogP contribution in [0, 0.1) is 11.7 Å². The summed E-state index contributed by atoms with van der Waals surface area (Å²) >= 11 is 0. The van der Waals surface area contributed by atoms with E-state index < -0.39 is 23.6 Å². The van der Waals surface area contributed by atoms with E-state index in [1.54, 1.807) is 33.8 Å². The summed E-state index contributed by atoms with van der Waals surface area (Å²) < 4.78 is 19.7. The number of hydrogen-bond acceptors (Lipinski definition) is 4. The molecule has 0 saturated heterocycles. The number of ether oxygens (including phenoxy) is 1. The zero-order valence-corrected chi connectivity index (χ0v) is 19.9. The van der Waals surface area contributed by atoms with Crippen molar-refractivity contribution in [3.05, 3.63) is 65.6 Å². The van der Waals surface area contributed by atoms with Gasteiger partial charge in [-0.2, -0.15) is 0 Å². The van der Waals surface area contributed by atoms with Gasteiger partial charge >= 0.3 is 6.09 Å². The van der Waals surface area contributed by atoms with Gasteiger partial charge in [0.15, 0.2) is 0 Å². The fourth-order valence-corrected chi connectivity index (χ4v) is 3.90. The summed E-state index contributed by atoms with van der Waals surface area (Å²) in [4.78, 5) is 30.8. The number of carbonyl (C=O) groups is 2. The lowest BCUT2D eigenvalue weighted by molar-refractivity contribution is 0.0507. The van der Waals surface area contributed by atoms with Crippen LogP contribution in [0.25, 0.3) is 22.0 Å². The second-order valence-electron chi connectivity index (χ2n) is 9.80. The SMILES string of the molecule is CC(NC(=O)OC(C)(C)C)c1nc2ccc(F)cc2c(C(=O)NCC2CC2)c1-c1ccccc1. The quantitative estimate of drug-likeness (QED) is 0.487. The van der Waals surface area contributed by atoms with Crippen LogP contribution in [0.2, 0.25) is 0 Å².